The zero-order chi connectivity index (χ0) is 21.9. The number of carbonyl (C=O) groups excluding carboxylic acids is 2. The minimum Gasteiger partial charge on any atom is -0.371 e. The fraction of sp³-hybridized carbons (Fsp3) is 0.417. The van der Waals surface area contributed by atoms with Crippen LogP contribution in [0.3, 0.4) is 0 Å². The molecule has 0 atom stereocenters. The summed E-state index contributed by atoms with van der Waals surface area (Å²) in [4.78, 5) is 26.2. The molecule has 160 valence electrons. The number of carbonyl (C=O) groups is 2. The first-order chi connectivity index (χ1) is 14.0. The third-order valence-electron chi connectivity index (χ3n) is 5.55. The first-order valence-corrected chi connectivity index (χ1v) is 11.9. The monoisotopic (exact) mass is 427 g/mol. The summed E-state index contributed by atoms with van der Waals surface area (Å²) in [5.74, 6) is 0.279. The number of benzene rings is 2. The molecule has 1 fully saturated rings. The molecular formula is C24H29NO4S. The zero-order valence-corrected chi connectivity index (χ0v) is 18.7. The predicted octanol–water partition coefficient (Wildman–Crippen LogP) is 3.99. The Labute approximate surface area is 179 Å². The second-order valence-electron chi connectivity index (χ2n) is 8.86. The highest BCUT2D eigenvalue weighted by molar-refractivity contribution is 7.91. The summed E-state index contributed by atoms with van der Waals surface area (Å²) >= 11 is 0. The summed E-state index contributed by atoms with van der Waals surface area (Å²) in [5.41, 5.74) is 3.26. The first kappa shape index (κ1) is 22.2. The van der Waals surface area contributed by atoms with Gasteiger partial charge in [-0.3, -0.25) is 9.59 Å². The molecule has 0 saturated carbocycles. The van der Waals surface area contributed by atoms with Gasteiger partial charge in [0.05, 0.1) is 10.5 Å². The zero-order valence-electron chi connectivity index (χ0n) is 17.8. The lowest BCUT2D eigenvalue weighted by molar-refractivity contribution is -0.119. The number of Topliss-reactive ketones (excluding diaryl/α,β-unsaturated/α-hetero) is 2. The smallest absolute Gasteiger partial charge is 0.167 e. The van der Waals surface area contributed by atoms with Gasteiger partial charge in [0.15, 0.2) is 15.6 Å². The van der Waals surface area contributed by atoms with Gasteiger partial charge in [0, 0.05) is 43.6 Å². The Balaban J connectivity index is 1.61. The minimum absolute atomic E-state index is 0.00320. The molecule has 1 aliphatic rings. The lowest BCUT2D eigenvalue weighted by atomic mass is 10.0. The van der Waals surface area contributed by atoms with Crippen molar-refractivity contribution in [3.63, 3.8) is 0 Å². The van der Waals surface area contributed by atoms with Crippen molar-refractivity contribution in [2.75, 3.05) is 18.0 Å². The van der Waals surface area contributed by atoms with E-state index >= 15 is 0 Å². The number of rotatable bonds is 6. The third-order valence-corrected chi connectivity index (χ3v) is 8.13. The summed E-state index contributed by atoms with van der Waals surface area (Å²) in [6, 6.07) is 14.7. The van der Waals surface area contributed by atoms with Gasteiger partial charge in [0.1, 0.15) is 5.78 Å². The molecule has 0 amide bonds. The van der Waals surface area contributed by atoms with Crippen LogP contribution in [0.1, 0.15) is 55.1 Å². The number of ketones is 2. The summed E-state index contributed by atoms with van der Waals surface area (Å²) in [6.07, 6.45) is 1.47. The number of piperidine rings is 1. The Morgan fingerprint density at radius 2 is 1.43 bits per heavy atom. The van der Waals surface area contributed by atoms with Crippen LogP contribution >= 0.6 is 0 Å². The van der Waals surface area contributed by atoms with Crippen molar-refractivity contribution in [2.24, 2.45) is 0 Å². The summed E-state index contributed by atoms with van der Waals surface area (Å²) < 4.78 is 23.9. The maximum Gasteiger partial charge on any atom is 0.167 e. The molecule has 0 N–H and O–H groups in total. The van der Waals surface area contributed by atoms with Crippen molar-refractivity contribution in [1.82, 2.24) is 0 Å². The molecule has 1 saturated heterocycles. The van der Waals surface area contributed by atoms with E-state index in [0.29, 0.717) is 36.2 Å². The van der Waals surface area contributed by atoms with Gasteiger partial charge < -0.3 is 4.90 Å². The fourth-order valence-corrected chi connectivity index (χ4v) is 4.41. The van der Waals surface area contributed by atoms with Gasteiger partial charge >= 0.3 is 0 Å². The highest BCUT2D eigenvalue weighted by Crippen LogP contribution is 2.22. The standard InChI is InChI=1S/C24H29NO4S/c1-24(2,3)30(28,29)17-19-4-8-20(9-5-19)23(27)16-18-6-10-21(11-7-18)25-14-12-22(26)13-15-25/h4-11H,12-17H2,1-3H3. The van der Waals surface area contributed by atoms with Gasteiger partial charge in [-0.05, 0) is 44.0 Å². The Hall–Kier alpha value is -2.47. The molecule has 0 unspecified atom stereocenters. The number of sulfone groups is 1. The second-order valence-corrected chi connectivity index (χ2v) is 11.6. The molecule has 2 aromatic carbocycles. The average Bonchev–Trinajstić information content (AvgIpc) is 2.68. The molecule has 0 aromatic heterocycles. The molecule has 1 heterocycles. The Kier molecular flexibility index (Phi) is 6.46. The molecule has 0 radical (unpaired) electrons. The van der Waals surface area contributed by atoms with Crippen LogP contribution in [-0.4, -0.2) is 37.8 Å². The fourth-order valence-electron chi connectivity index (χ4n) is 3.35. The Morgan fingerprint density at radius 3 is 1.97 bits per heavy atom. The van der Waals surface area contributed by atoms with E-state index in [0.717, 1.165) is 24.3 Å². The van der Waals surface area contributed by atoms with E-state index in [1.54, 1.807) is 45.0 Å². The van der Waals surface area contributed by atoms with Crippen LogP contribution in [0, 0.1) is 0 Å². The molecular weight excluding hydrogens is 398 g/mol. The quantitative estimate of drug-likeness (QED) is 0.652. The topological polar surface area (TPSA) is 71.5 Å². The van der Waals surface area contributed by atoms with Gasteiger partial charge in [0.2, 0.25) is 0 Å². The van der Waals surface area contributed by atoms with Crippen molar-refractivity contribution in [2.45, 2.75) is 50.5 Å². The normalized spacial score (nSPS) is 15.3. The summed E-state index contributed by atoms with van der Waals surface area (Å²) in [6.45, 7) is 6.56. The van der Waals surface area contributed by atoms with Crippen molar-refractivity contribution in [1.29, 1.82) is 0 Å². The van der Waals surface area contributed by atoms with Crippen molar-refractivity contribution in [3.05, 3.63) is 65.2 Å². The lowest BCUT2D eigenvalue weighted by Gasteiger charge is -2.28. The van der Waals surface area contributed by atoms with Crippen LogP contribution in [0.4, 0.5) is 5.69 Å². The third kappa shape index (κ3) is 5.36. The van der Waals surface area contributed by atoms with Gasteiger partial charge in [-0.15, -0.1) is 0 Å². The highest BCUT2D eigenvalue weighted by atomic mass is 32.2. The molecule has 0 aliphatic carbocycles. The van der Waals surface area contributed by atoms with Crippen LogP contribution in [0.15, 0.2) is 48.5 Å². The SMILES string of the molecule is CC(C)(C)S(=O)(=O)Cc1ccc(C(=O)Cc2ccc(N3CCC(=O)CC3)cc2)cc1. The van der Waals surface area contributed by atoms with E-state index in [9.17, 15) is 18.0 Å². The van der Waals surface area contributed by atoms with Gasteiger partial charge in [0.25, 0.3) is 0 Å². The van der Waals surface area contributed by atoms with E-state index < -0.39 is 14.6 Å². The van der Waals surface area contributed by atoms with Crippen LogP contribution < -0.4 is 4.90 Å². The van der Waals surface area contributed by atoms with Gasteiger partial charge in [-0.2, -0.15) is 0 Å². The molecule has 1 aliphatic heterocycles. The lowest BCUT2D eigenvalue weighted by Crippen LogP contribution is -2.33. The van der Waals surface area contributed by atoms with E-state index in [1.807, 2.05) is 24.3 Å². The maximum atomic E-state index is 12.6. The molecule has 5 nitrogen and oxygen atoms in total. The number of hydrogen-bond acceptors (Lipinski definition) is 5. The van der Waals surface area contributed by atoms with Crippen LogP contribution in [-0.2, 0) is 26.8 Å². The summed E-state index contributed by atoms with van der Waals surface area (Å²) in [5, 5.41) is 0. The van der Waals surface area contributed by atoms with Crippen molar-refractivity contribution in [3.8, 4) is 0 Å². The first-order valence-electron chi connectivity index (χ1n) is 10.3. The molecule has 2 aromatic rings. The van der Waals surface area contributed by atoms with Gasteiger partial charge in [-0.1, -0.05) is 36.4 Å². The largest absolute Gasteiger partial charge is 0.371 e. The van der Waals surface area contributed by atoms with E-state index in [1.165, 1.54) is 0 Å². The van der Waals surface area contributed by atoms with E-state index in [2.05, 4.69) is 4.90 Å². The van der Waals surface area contributed by atoms with Crippen molar-refractivity contribution < 1.29 is 18.0 Å². The second kappa shape index (κ2) is 8.72. The van der Waals surface area contributed by atoms with E-state index in [4.69, 9.17) is 0 Å². The molecule has 0 bridgehead atoms. The summed E-state index contributed by atoms with van der Waals surface area (Å²) in [7, 11) is -3.26. The molecule has 0 spiro atoms. The van der Waals surface area contributed by atoms with E-state index in [-0.39, 0.29) is 11.5 Å². The minimum atomic E-state index is -3.26. The number of anilines is 1. The Morgan fingerprint density at radius 1 is 0.900 bits per heavy atom. The maximum absolute atomic E-state index is 12.6. The van der Waals surface area contributed by atoms with Crippen LogP contribution in [0.2, 0.25) is 0 Å². The van der Waals surface area contributed by atoms with Gasteiger partial charge in [-0.25, -0.2) is 8.42 Å². The Bertz CT molecular complexity index is 1010. The molecule has 30 heavy (non-hydrogen) atoms. The predicted molar refractivity (Wildman–Crippen MR) is 120 cm³/mol. The van der Waals surface area contributed by atoms with Crippen molar-refractivity contribution >= 4 is 27.1 Å². The number of hydrogen-bond donors (Lipinski definition) is 0. The van der Waals surface area contributed by atoms with Crippen LogP contribution in [0.5, 0.6) is 0 Å². The molecule has 3 rings (SSSR count). The average molecular weight is 428 g/mol. The van der Waals surface area contributed by atoms with Crippen LogP contribution in [0.25, 0.3) is 0 Å². The molecule has 6 heteroatoms. The number of nitrogens with zero attached hydrogens (tertiary/aromatic N) is 1. The highest BCUT2D eigenvalue weighted by Gasteiger charge is 2.29.